The molecule has 1 aliphatic rings. The molecule has 1 aromatic carbocycles. The highest BCUT2D eigenvalue weighted by molar-refractivity contribution is 5.95. The maximum absolute atomic E-state index is 13.6. The molecule has 1 fully saturated rings. The molecule has 104 valence electrons. The predicted molar refractivity (Wildman–Crippen MR) is 62.7 cm³/mol. The maximum Gasteiger partial charge on any atom is 0.307 e. The van der Waals surface area contributed by atoms with Crippen molar-refractivity contribution in [2.24, 2.45) is 0 Å². The van der Waals surface area contributed by atoms with E-state index in [0.29, 0.717) is 25.0 Å². The van der Waals surface area contributed by atoms with Crippen molar-refractivity contribution in [2.75, 3.05) is 0 Å². The Bertz CT molecular complexity index is 636. The van der Waals surface area contributed by atoms with Gasteiger partial charge in [0.1, 0.15) is 11.4 Å². The smallest absolute Gasteiger partial charge is 0.307 e. The Balaban J connectivity index is 2.29. The molecule has 0 aliphatic heterocycles. The second kappa shape index (κ2) is 4.85. The fourth-order valence-electron chi connectivity index (χ4n) is 1.93. The van der Waals surface area contributed by atoms with Crippen molar-refractivity contribution in [1.29, 1.82) is 5.26 Å². The molecule has 0 bridgehead atoms. The number of nitrogens with one attached hydrogen (secondary N) is 1. The highest BCUT2D eigenvalue weighted by Gasteiger charge is 2.39. The summed E-state index contributed by atoms with van der Waals surface area (Å²) in [4.78, 5) is 21.2. The molecule has 2 rings (SSSR count). The van der Waals surface area contributed by atoms with Crippen molar-refractivity contribution >= 4 is 11.6 Å². The van der Waals surface area contributed by atoms with Crippen LogP contribution < -0.4 is 5.32 Å². The molecule has 0 aromatic heterocycles. The quantitative estimate of drug-likeness (QED) is 0.677. The van der Waals surface area contributed by atoms with Crippen LogP contribution in [-0.2, 0) is 0 Å². The molecule has 0 radical (unpaired) electrons. The van der Waals surface area contributed by atoms with Crippen LogP contribution in [0.4, 0.5) is 14.5 Å². The van der Waals surface area contributed by atoms with Crippen LogP contribution in [0.5, 0.6) is 0 Å². The highest BCUT2D eigenvalue weighted by Crippen LogP contribution is 2.31. The van der Waals surface area contributed by atoms with Gasteiger partial charge in [-0.3, -0.25) is 14.9 Å². The van der Waals surface area contributed by atoms with E-state index >= 15 is 0 Å². The molecule has 0 unspecified atom stereocenters. The van der Waals surface area contributed by atoms with E-state index in [1.54, 1.807) is 0 Å². The number of halogens is 2. The molecule has 1 saturated carbocycles. The van der Waals surface area contributed by atoms with Crippen LogP contribution in [-0.4, -0.2) is 16.4 Å². The summed E-state index contributed by atoms with van der Waals surface area (Å²) in [6, 6.07) is 2.74. The average molecular weight is 281 g/mol. The van der Waals surface area contributed by atoms with Gasteiger partial charge in [0, 0.05) is 0 Å². The monoisotopic (exact) mass is 281 g/mol. The Hall–Kier alpha value is -2.56. The molecule has 0 heterocycles. The van der Waals surface area contributed by atoms with Gasteiger partial charge in [-0.25, -0.2) is 4.39 Å². The fraction of sp³-hybridized carbons (Fsp3) is 0.333. The summed E-state index contributed by atoms with van der Waals surface area (Å²) >= 11 is 0. The van der Waals surface area contributed by atoms with E-state index in [-0.39, 0.29) is 0 Å². The first-order valence-corrected chi connectivity index (χ1v) is 5.76. The van der Waals surface area contributed by atoms with E-state index in [9.17, 15) is 23.7 Å². The molecule has 1 amide bonds. The molecule has 1 aliphatic carbocycles. The number of hydrogen-bond acceptors (Lipinski definition) is 4. The van der Waals surface area contributed by atoms with Crippen LogP contribution in [0.1, 0.15) is 29.6 Å². The topological polar surface area (TPSA) is 96.0 Å². The number of nitro groups is 1. The molecular formula is C12H9F2N3O3. The third kappa shape index (κ3) is 2.30. The van der Waals surface area contributed by atoms with Gasteiger partial charge in [-0.2, -0.15) is 9.65 Å². The van der Waals surface area contributed by atoms with E-state index in [1.807, 2.05) is 6.07 Å². The zero-order valence-electron chi connectivity index (χ0n) is 10.2. The third-order valence-corrected chi connectivity index (χ3v) is 3.25. The number of rotatable bonds is 3. The van der Waals surface area contributed by atoms with Gasteiger partial charge in [-0.1, -0.05) is 0 Å². The minimum atomic E-state index is -1.30. The van der Waals surface area contributed by atoms with Gasteiger partial charge in [0.05, 0.1) is 22.6 Å². The average Bonchev–Trinajstić information content (AvgIpc) is 2.35. The third-order valence-electron chi connectivity index (χ3n) is 3.25. The lowest BCUT2D eigenvalue weighted by Gasteiger charge is -2.35. The van der Waals surface area contributed by atoms with Crippen LogP contribution in [0.3, 0.4) is 0 Å². The molecule has 8 heteroatoms. The van der Waals surface area contributed by atoms with Gasteiger partial charge < -0.3 is 5.32 Å². The molecule has 0 atom stereocenters. The van der Waals surface area contributed by atoms with Gasteiger partial charge in [-0.05, 0) is 25.3 Å². The Morgan fingerprint density at radius 1 is 1.40 bits per heavy atom. The second-order valence-electron chi connectivity index (χ2n) is 4.54. The molecule has 0 spiro atoms. The summed E-state index contributed by atoms with van der Waals surface area (Å²) in [6.45, 7) is 0. The van der Waals surface area contributed by atoms with Crippen molar-refractivity contribution in [2.45, 2.75) is 24.8 Å². The van der Waals surface area contributed by atoms with Crippen molar-refractivity contribution in [1.82, 2.24) is 5.32 Å². The number of nitro benzene ring substituents is 1. The van der Waals surface area contributed by atoms with Gasteiger partial charge >= 0.3 is 5.69 Å². The number of nitrogens with zero attached hydrogens (tertiary/aromatic N) is 2. The number of nitriles is 1. The van der Waals surface area contributed by atoms with E-state index < -0.39 is 39.3 Å². The van der Waals surface area contributed by atoms with E-state index in [2.05, 4.69) is 5.32 Å². The highest BCUT2D eigenvalue weighted by atomic mass is 19.1. The summed E-state index contributed by atoms with van der Waals surface area (Å²) in [5.74, 6) is -3.47. The largest absolute Gasteiger partial charge is 0.334 e. The van der Waals surface area contributed by atoms with Crippen molar-refractivity contribution < 1.29 is 18.5 Å². The van der Waals surface area contributed by atoms with Gasteiger partial charge in [0.2, 0.25) is 5.82 Å². The lowest BCUT2D eigenvalue weighted by molar-refractivity contribution is -0.387. The van der Waals surface area contributed by atoms with E-state index in [1.165, 1.54) is 0 Å². The molecule has 0 saturated heterocycles. The minimum Gasteiger partial charge on any atom is -0.334 e. The molecule has 1 aromatic rings. The minimum absolute atomic E-state index is 0.351. The summed E-state index contributed by atoms with van der Waals surface area (Å²) in [7, 11) is 0. The standard InChI is InChI=1S/C12H9F2N3O3/c13-8-5-10(17(19)20)9(14)4-7(8)11(18)16-12(6-15)2-1-3-12/h4-5H,1-3H2,(H,16,18). The Labute approximate surface area is 112 Å². The van der Waals surface area contributed by atoms with Crippen molar-refractivity contribution in [3.63, 3.8) is 0 Å². The number of benzene rings is 1. The Morgan fingerprint density at radius 3 is 2.50 bits per heavy atom. The Morgan fingerprint density at radius 2 is 2.05 bits per heavy atom. The zero-order valence-corrected chi connectivity index (χ0v) is 10.2. The fourth-order valence-corrected chi connectivity index (χ4v) is 1.93. The first-order chi connectivity index (χ1) is 9.38. The number of hydrogen-bond donors (Lipinski definition) is 1. The van der Waals surface area contributed by atoms with Gasteiger partial charge in [0.15, 0.2) is 0 Å². The molecular weight excluding hydrogens is 272 g/mol. The molecule has 20 heavy (non-hydrogen) atoms. The summed E-state index contributed by atoms with van der Waals surface area (Å²) in [5, 5.41) is 21.7. The normalized spacial score (nSPS) is 15.8. The maximum atomic E-state index is 13.6. The number of carbonyl (C=O) groups excluding carboxylic acids is 1. The molecule has 1 N–H and O–H groups in total. The first kappa shape index (κ1) is 13.9. The van der Waals surface area contributed by atoms with E-state index in [4.69, 9.17) is 5.26 Å². The van der Waals surface area contributed by atoms with Crippen LogP contribution in [0.25, 0.3) is 0 Å². The molecule has 6 nitrogen and oxygen atoms in total. The van der Waals surface area contributed by atoms with Crippen molar-refractivity contribution in [3.8, 4) is 6.07 Å². The lowest BCUT2D eigenvalue weighted by Crippen LogP contribution is -2.52. The zero-order chi connectivity index (χ0) is 14.9. The first-order valence-electron chi connectivity index (χ1n) is 5.76. The SMILES string of the molecule is N#CC1(NC(=O)c2cc(F)c([N+](=O)[O-])cc2F)CCC1. The summed E-state index contributed by atoms with van der Waals surface area (Å²) < 4.78 is 27.0. The Kier molecular flexibility index (Phi) is 3.36. The van der Waals surface area contributed by atoms with Gasteiger partial charge in [-0.15, -0.1) is 0 Å². The number of amides is 1. The van der Waals surface area contributed by atoms with E-state index in [0.717, 1.165) is 6.42 Å². The summed E-state index contributed by atoms with van der Waals surface area (Å²) in [6.07, 6.45) is 1.63. The lowest BCUT2D eigenvalue weighted by atomic mass is 9.78. The predicted octanol–water partition coefficient (Wildman–Crippen LogP) is 2.05. The van der Waals surface area contributed by atoms with Crippen molar-refractivity contribution in [3.05, 3.63) is 39.4 Å². The van der Waals surface area contributed by atoms with Gasteiger partial charge in [0.25, 0.3) is 5.91 Å². The van der Waals surface area contributed by atoms with Crippen LogP contribution in [0.2, 0.25) is 0 Å². The van der Waals surface area contributed by atoms with Crippen LogP contribution in [0.15, 0.2) is 12.1 Å². The summed E-state index contributed by atoms with van der Waals surface area (Å²) in [5.41, 5.74) is -2.76. The van der Waals surface area contributed by atoms with Crippen LogP contribution in [0, 0.1) is 33.1 Å². The second-order valence-corrected chi connectivity index (χ2v) is 4.54. The number of carbonyl (C=O) groups is 1. The van der Waals surface area contributed by atoms with Crippen LogP contribution >= 0.6 is 0 Å².